The van der Waals surface area contributed by atoms with Crippen molar-refractivity contribution in [1.29, 1.82) is 5.26 Å². The molecule has 0 aliphatic heterocycles. The number of para-hydroxylation sites is 2. The lowest BCUT2D eigenvalue weighted by atomic mass is 10.0. The third-order valence-corrected chi connectivity index (χ3v) is 5.94. The van der Waals surface area contributed by atoms with Crippen molar-refractivity contribution in [3.05, 3.63) is 126 Å². The number of urea groups is 1. The summed E-state index contributed by atoms with van der Waals surface area (Å²) in [6.45, 7) is 0.0703. The van der Waals surface area contributed by atoms with Crippen molar-refractivity contribution in [1.82, 2.24) is 4.90 Å². The zero-order valence-electron chi connectivity index (χ0n) is 20.1. The number of benzene rings is 4. The number of primary amides is 1. The van der Waals surface area contributed by atoms with Crippen molar-refractivity contribution in [2.45, 2.75) is 19.0 Å². The molecule has 184 valence electrons. The molecule has 1 atom stereocenters. The van der Waals surface area contributed by atoms with Crippen LogP contribution in [0.5, 0.6) is 5.75 Å². The van der Waals surface area contributed by atoms with E-state index >= 15 is 0 Å². The second-order valence-electron chi connectivity index (χ2n) is 8.52. The first-order valence-electron chi connectivity index (χ1n) is 11.7. The molecule has 0 bridgehead atoms. The minimum atomic E-state index is -1.01. The summed E-state index contributed by atoms with van der Waals surface area (Å²) in [6, 6.07) is 32.3. The molecule has 0 fully saturated rings. The average molecular weight is 491 g/mol. The summed E-state index contributed by atoms with van der Waals surface area (Å²) >= 11 is 0. The van der Waals surface area contributed by atoms with E-state index in [1.54, 1.807) is 41.3 Å². The monoisotopic (exact) mass is 490 g/mol. The number of phenolic OH excluding ortho intramolecular Hbond substituents is 1. The van der Waals surface area contributed by atoms with Crippen molar-refractivity contribution < 1.29 is 14.7 Å². The smallest absolute Gasteiger partial charge is 0.330 e. The number of hydrogen-bond donors (Lipinski definition) is 2. The number of carbonyl (C=O) groups excluding carboxylic acids is 2. The molecule has 37 heavy (non-hydrogen) atoms. The fraction of sp³-hybridized carbons (Fsp3) is 0.100. The molecule has 0 saturated carbocycles. The molecule has 0 heterocycles. The van der Waals surface area contributed by atoms with Crippen LogP contribution < -0.4 is 10.6 Å². The Bertz CT molecular complexity index is 1360. The summed E-state index contributed by atoms with van der Waals surface area (Å²) in [5, 5.41) is 19.0. The van der Waals surface area contributed by atoms with E-state index in [9.17, 15) is 20.0 Å². The molecule has 0 aliphatic rings. The number of aromatic hydroxyl groups is 1. The van der Waals surface area contributed by atoms with Crippen LogP contribution in [0.1, 0.15) is 16.7 Å². The lowest BCUT2D eigenvalue weighted by Crippen LogP contribution is -2.52. The number of rotatable bonds is 8. The van der Waals surface area contributed by atoms with E-state index in [4.69, 9.17) is 5.73 Å². The van der Waals surface area contributed by atoms with Crippen LogP contribution in [-0.4, -0.2) is 28.0 Å². The van der Waals surface area contributed by atoms with E-state index in [1.807, 2.05) is 60.7 Å². The van der Waals surface area contributed by atoms with Crippen molar-refractivity contribution >= 4 is 23.3 Å². The zero-order valence-corrected chi connectivity index (χ0v) is 20.1. The summed E-state index contributed by atoms with van der Waals surface area (Å²) in [6.07, 6.45) is 0.131. The molecule has 0 radical (unpaired) electrons. The Kier molecular flexibility index (Phi) is 7.82. The van der Waals surface area contributed by atoms with Crippen LogP contribution in [-0.2, 0) is 17.8 Å². The van der Waals surface area contributed by atoms with Gasteiger partial charge in [0, 0.05) is 13.0 Å². The molecule has 0 saturated heterocycles. The number of hydrogen-bond acceptors (Lipinski definition) is 4. The Morgan fingerprint density at radius 3 is 1.95 bits per heavy atom. The lowest BCUT2D eigenvalue weighted by molar-refractivity contribution is -0.122. The summed E-state index contributed by atoms with van der Waals surface area (Å²) in [7, 11) is 0. The van der Waals surface area contributed by atoms with Gasteiger partial charge in [0.25, 0.3) is 0 Å². The third-order valence-electron chi connectivity index (χ3n) is 5.94. The van der Waals surface area contributed by atoms with E-state index < -0.39 is 18.0 Å². The molecule has 4 rings (SSSR count). The molecular weight excluding hydrogens is 464 g/mol. The number of nitrogens with zero attached hydrogens (tertiary/aromatic N) is 3. The van der Waals surface area contributed by atoms with Crippen molar-refractivity contribution in [3.63, 3.8) is 0 Å². The van der Waals surface area contributed by atoms with E-state index in [0.717, 1.165) is 0 Å². The summed E-state index contributed by atoms with van der Waals surface area (Å²) in [5.41, 5.74) is 9.02. The molecule has 0 unspecified atom stereocenters. The first kappa shape index (κ1) is 25.0. The molecule has 0 spiro atoms. The second-order valence-corrected chi connectivity index (χ2v) is 8.52. The van der Waals surface area contributed by atoms with Crippen molar-refractivity contribution in [2.75, 3.05) is 4.90 Å². The van der Waals surface area contributed by atoms with E-state index in [-0.39, 0.29) is 18.7 Å². The van der Waals surface area contributed by atoms with Gasteiger partial charge in [-0.15, -0.1) is 0 Å². The summed E-state index contributed by atoms with van der Waals surface area (Å²) in [4.78, 5) is 30.1. The summed E-state index contributed by atoms with van der Waals surface area (Å²) < 4.78 is 0. The van der Waals surface area contributed by atoms with Gasteiger partial charge in [0.15, 0.2) is 0 Å². The molecule has 7 heteroatoms. The Morgan fingerprint density at radius 2 is 1.41 bits per heavy atom. The Labute approximate surface area is 215 Å². The number of carbonyl (C=O) groups is 2. The van der Waals surface area contributed by atoms with Gasteiger partial charge in [-0.2, -0.15) is 5.26 Å². The standard InChI is InChI=1S/C30H26N4O3/c31-20-24-9-7-8-23(18-24)19-28(29(32)36)33(21-22-14-16-27(35)17-15-22)30(37)34(25-10-3-1-4-11-25)26-12-5-2-6-13-26/h1-18,28,35H,19,21H2,(H2,32,36)/t28-/m1/s1. The predicted octanol–water partition coefficient (Wildman–Crippen LogP) is 5.12. The highest BCUT2D eigenvalue weighted by atomic mass is 16.3. The topological polar surface area (TPSA) is 111 Å². The number of nitriles is 1. The summed E-state index contributed by atoms with van der Waals surface area (Å²) in [5.74, 6) is -0.577. The van der Waals surface area contributed by atoms with E-state index in [2.05, 4.69) is 6.07 Å². The highest BCUT2D eigenvalue weighted by Gasteiger charge is 2.33. The molecule has 3 amide bonds. The maximum Gasteiger partial charge on any atom is 0.330 e. The van der Waals surface area contributed by atoms with Crippen LogP contribution in [0, 0.1) is 11.3 Å². The van der Waals surface area contributed by atoms with Crippen LogP contribution in [0.4, 0.5) is 16.2 Å². The molecule has 3 N–H and O–H groups in total. The fourth-order valence-corrected chi connectivity index (χ4v) is 4.12. The van der Waals surface area contributed by atoms with Crippen LogP contribution in [0.3, 0.4) is 0 Å². The van der Waals surface area contributed by atoms with Crippen LogP contribution in [0.15, 0.2) is 109 Å². The molecule has 4 aromatic rings. The number of phenols is 1. The van der Waals surface area contributed by atoms with Gasteiger partial charge in [0.1, 0.15) is 11.8 Å². The van der Waals surface area contributed by atoms with Crippen molar-refractivity contribution in [2.24, 2.45) is 5.73 Å². The molecular formula is C30H26N4O3. The van der Waals surface area contributed by atoms with Gasteiger partial charge < -0.3 is 15.7 Å². The molecule has 4 aromatic carbocycles. The molecule has 0 aliphatic carbocycles. The van der Waals surface area contributed by atoms with Gasteiger partial charge in [0.05, 0.1) is 23.0 Å². The minimum absolute atomic E-state index is 0.0703. The second kappa shape index (κ2) is 11.6. The van der Waals surface area contributed by atoms with Crippen LogP contribution >= 0.6 is 0 Å². The predicted molar refractivity (Wildman–Crippen MR) is 142 cm³/mol. The minimum Gasteiger partial charge on any atom is -0.508 e. The van der Waals surface area contributed by atoms with Crippen LogP contribution in [0.25, 0.3) is 0 Å². The normalized spacial score (nSPS) is 11.2. The largest absolute Gasteiger partial charge is 0.508 e. The first-order valence-corrected chi connectivity index (χ1v) is 11.7. The number of amides is 3. The average Bonchev–Trinajstić information content (AvgIpc) is 2.93. The quantitative estimate of drug-likeness (QED) is 0.357. The van der Waals surface area contributed by atoms with Gasteiger partial charge in [-0.25, -0.2) is 4.79 Å². The SMILES string of the molecule is N#Cc1cccc(C[C@H](C(N)=O)N(Cc2ccc(O)cc2)C(=O)N(c2ccccc2)c2ccccc2)c1. The molecule has 7 nitrogen and oxygen atoms in total. The maximum absolute atomic E-state index is 14.3. The van der Waals surface area contributed by atoms with Gasteiger partial charge >= 0.3 is 6.03 Å². The maximum atomic E-state index is 14.3. The zero-order chi connectivity index (χ0) is 26.2. The van der Waals surface area contributed by atoms with Crippen LogP contribution in [0.2, 0.25) is 0 Å². The van der Waals surface area contributed by atoms with Gasteiger partial charge in [-0.1, -0.05) is 60.7 Å². The number of nitrogens with two attached hydrogens (primary N) is 1. The Balaban J connectivity index is 1.80. The van der Waals surface area contributed by atoms with Gasteiger partial charge in [0.2, 0.25) is 5.91 Å². The third kappa shape index (κ3) is 6.13. The fourth-order valence-electron chi connectivity index (χ4n) is 4.12. The molecule has 0 aromatic heterocycles. The lowest BCUT2D eigenvalue weighted by Gasteiger charge is -2.35. The van der Waals surface area contributed by atoms with E-state index in [1.165, 1.54) is 17.0 Å². The first-order chi connectivity index (χ1) is 18.0. The van der Waals surface area contributed by atoms with Crippen molar-refractivity contribution in [3.8, 4) is 11.8 Å². The number of anilines is 2. The van der Waals surface area contributed by atoms with Gasteiger partial charge in [-0.05, 0) is 59.7 Å². The highest BCUT2D eigenvalue weighted by molar-refractivity contribution is 6.01. The Morgan fingerprint density at radius 1 is 0.811 bits per heavy atom. The van der Waals surface area contributed by atoms with Gasteiger partial charge in [-0.3, -0.25) is 9.69 Å². The Hall–Kier alpha value is -5.09. The van der Waals surface area contributed by atoms with E-state index in [0.29, 0.717) is 28.1 Å². The highest BCUT2D eigenvalue weighted by Crippen LogP contribution is 2.29.